The van der Waals surface area contributed by atoms with Crippen LogP contribution in [0.4, 0.5) is 0 Å². The van der Waals surface area contributed by atoms with Gasteiger partial charge in [-0.3, -0.25) is 4.90 Å². The van der Waals surface area contributed by atoms with Gasteiger partial charge in [0.05, 0.1) is 0 Å². The Balaban J connectivity index is 2.03. The Morgan fingerprint density at radius 2 is 1.78 bits per heavy atom. The molecule has 2 aliphatic rings. The van der Waals surface area contributed by atoms with Gasteiger partial charge in [-0.15, -0.1) is 0 Å². The first-order chi connectivity index (χ1) is 8.86. The van der Waals surface area contributed by atoms with Crippen LogP contribution >= 0.6 is 0 Å². The summed E-state index contributed by atoms with van der Waals surface area (Å²) in [6.45, 7) is 4.58. The van der Waals surface area contributed by atoms with Crippen LogP contribution < -0.4 is 5.73 Å². The summed E-state index contributed by atoms with van der Waals surface area (Å²) >= 11 is 0. The molecule has 0 aromatic carbocycles. The third-order valence-electron chi connectivity index (χ3n) is 5.14. The van der Waals surface area contributed by atoms with Gasteiger partial charge in [0.2, 0.25) is 0 Å². The molecule has 1 saturated heterocycles. The summed E-state index contributed by atoms with van der Waals surface area (Å²) in [7, 11) is 0. The van der Waals surface area contributed by atoms with Crippen molar-refractivity contribution in [1.82, 2.24) is 4.90 Å². The van der Waals surface area contributed by atoms with Crippen LogP contribution in [-0.2, 0) is 0 Å². The second kappa shape index (κ2) is 7.49. The molecule has 1 heterocycles. The van der Waals surface area contributed by atoms with E-state index in [0.717, 1.165) is 24.5 Å². The fourth-order valence-corrected chi connectivity index (χ4v) is 4.18. The van der Waals surface area contributed by atoms with Crippen molar-refractivity contribution in [3.63, 3.8) is 0 Å². The summed E-state index contributed by atoms with van der Waals surface area (Å²) < 4.78 is 0. The van der Waals surface area contributed by atoms with Crippen LogP contribution in [-0.4, -0.2) is 30.1 Å². The summed E-state index contributed by atoms with van der Waals surface area (Å²) in [6, 6.07) is 1.66. The molecule has 0 spiro atoms. The maximum Gasteiger partial charge on any atom is 0.0138 e. The van der Waals surface area contributed by atoms with Crippen LogP contribution in [0.5, 0.6) is 0 Å². The van der Waals surface area contributed by atoms with E-state index in [1.165, 1.54) is 70.8 Å². The molecule has 2 nitrogen and oxygen atoms in total. The minimum absolute atomic E-state index is 0.768. The van der Waals surface area contributed by atoms with Crippen LogP contribution in [0.3, 0.4) is 0 Å². The van der Waals surface area contributed by atoms with Crippen LogP contribution in [0.1, 0.15) is 71.1 Å². The average Bonchev–Trinajstić information content (AvgIpc) is 2.65. The number of nitrogens with two attached hydrogens (primary N) is 1. The minimum atomic E-state index is 0.768. The van der Waals surface area contributed by atoms with Crippen molar-refractivity contribution in [2.45, 2.75) is 83.2 Å². The topological polar surface area (TPSA) is 29.3 Å². The van der Waals surface area contributed by atoms with Gasteiger partial charge in [0.1, 0.15) is 0 Å². The fraction of sp³-hybridized carbons (Fsp3) is 1.00. The molecule has 0 amide bonds. The van der Waals surface area contributed by atoms with Crippen LogP contribution in [0, 0.1) is 5.92 Å². The highest BCUT2D eigenvalue weighted by Crippen LogP contribution is 2.32. The van der Waals surface area contributed by atoms with Crippen molar-refractivity contribution in [2.75, 3.05) is 13.1 Å². The smallest absolute Gasteiger partial charge is 0.0138 e. The molecule has 3 unspecified atom stereocenters. The lowest BCUT2D eigenvalue weighted by atomic mass is 9.88. The second-order valence-corrected chi connectivity index (χ2v) is 6.38. The molecule has 1 aliphatic carbocycles. The van der Waals surface area contributed by atoms with Crippen molar-refractivity contribution in [3.05, 3.63) is 0 Å². The average molecular weight is 252 g/mol. The lowest BCUT2D eigenvalue weighted by Gasteiger charge is -2.44. The van der Waals surface area contributed by atoms with Gasteiger partial charge in [0, 0.05) is 12.1 Å². The number of piperidine rings is 1. The van der Waals surface area contributed by atoms with E-state index in [-0.39, 0.29) is 0 Å². The summed E-state index contributed by atoms with van der Waals surface area (Å²) in [6.07, 6.45) is 14.1. The van der Waals surface area contributed by atoms with Gasteiger partial charge in [0.15, 0.2) is 0 Å². The Morgan fingerprint density at radius 1 is 1.00 bits per heavy atom. The van der Waals surface area contributed by atoms with Crippen LogP contribution in [0.2, 0.25) is 0 Å². The van der Waals surface area contributed by atoms with E-state index in [4.69, 9.17) is 5.73 Å². The Bertz CT molecular complexity index is 227. The molecule has 18 heavy (non-hydrogen) atoms. The normalized spacial score (nSPS) is 35.3. The summed E-state index contributed by atoms with van der Waals surface area (Å²) in [5.41, 5.74) is 6.06. The second-order valence-electron chi connectivity index (χ2n) is 6.38. The lowest BCUT2D eigenvalue weighted by Crippen LogP contribution is -2.50. The molecule has 0 bridgehead atoms. The molecule has 1 saturated carbocycles. The molecule has 106 valence electrons. The highest BCUT2D eigenvalue weighted by Gasteiger charge is 2.33. The predicted octanol–water partition coefficient (Wildman–Crippen LogP) is 3.55. The largest absolute Gasteiger partial charge is 0.330 e. The van der Waals surface area contributed by atoms with E-state index >= 15 is 0 Å². The van der Waals surface area contributed by atoms with Gasteiger partial charge < -0.3 is 5.73 Å². The quantitative estimate of drug-likeness (QED) is 0.775. The summed E-state index contributed by atoms with van der Waals surface area (Å²) in [4.78, 5) is 2.87. The van der Waals surface area contributed by atoms with Gasteiger partial charge in [-0.05, 0) is 51.1 Å². The number of rotatable bonds is 4. The number of hydrogen-bond acceptors (Lipinski definition) is 2. The molecule has 2 N–H and O–H groups in total. The van der Waals surface area contributed by atoms with Gasteiger partial charge in [-0.2, -0.15) is 0 Å². The van der Waals surface area contributed by atoms with Gasteiger partial charge in [-0.1, -0.05) is 39.0 Å². The van der Waals surface area contributed by atoms with E-state index in [1.807, 2.05) is 0 Å². The number of hydrogen-bond donors (Lipinski definition) is 1. The third-order valence-corrected chi connectivity index (χ3v) is 5.14. The van der Waals surface area contributed by atoms with E-state index in [0.29, 0.717) is 0 Å². The summed E-state index contributed by atoms with van der Waals surface area (Å²) in [5, 5.41) is 0. The van der Waals surface area contributed by atoms with Crippen LogP contribution in [0.15, 0.2) is 0 Å². The van der Waals surface area contributed by atoms with Gasteiger partial charge in [0.25, 0.3) is 0 Å². The van der Waals surface area contributed by atoms with Crippen molar-refractivity contribution in [2.24, 2.45) is 11.7 Å². The third kappa shape index (κ3) is 3.48. The molecule has 1 aliphatic heterocycles. The SMILES string of the molecule is CCCC1CCCCN1C1CCCCCC1CN. The van der Waals surface area contributed by atoms with Crippen molar-refractivity contribution >= 4 is 0 Å². The van der Waals surface area contributed by atoms with E-state index in [1.54, 1.807) is 0 Å². The predicted molar refractivity (Wildman–Crippen MR) is 78.7 cm³/mol. The molecule has 2 fully saturated rings. The standard InChI is InChI=1S/C16H32N2/c1-2-8-15-10-6-7-12-18(15)16-11-5-3-4-9-14(16)13-17/h14-16H,2-13,17H2,1H3. The maximum atomic E-state index is 6.06. The van der Waals surface area contributed by atoms with Gasteiger partial charge >= 0.3 is 0 Å². The minimum Gasteiger partial charge on any atom is -0.330 e. The monoisotopic (exact) mass is 252 g/mol. The zero-order valence-corrected chi connectivity index (χ0v) is 12.2. The lowest BCUT2D eigenvalue weighted by molar-refractivity contribution is 0.0534. The zero-order valence-electron chi connectivity index (χ0n) is 12.2. The van der Waals surface area contributed by atoms with Crippen molar-refractivity contribution in [3.8, 4) is 0 Å². The molecule has 0 radical (unpaired) electrons. The van der Waals surface area contributed by atoms with Crippen molar-refractivity contribution in [1.29, 1.82) is 0 Å². The first kappa shape index (κ1) is 14.3. The van der Waals surface area contributed by atoms with E-state index < -0.39 is 0 Å². The van der Waals surface area contributed by atoms with Crippen LogP contribution in [0.25, 0.3) is 0 Å². The molecule has 2 rings (SSSR count). The summed E-state index contributed by atoms with van der Waals surface area (Å²) in [5.74, 6) is 0.768. The highest BCUT2D eigenvalue weighted by atomic mass is 15.2. The molecular formula is C16H32N2. The zero-order chi connectivity index (χ0) is 12.8. The maximum absolute atomic E-state index is 6.06. The fourth-order valence-electron chi connectivity index (χ4n) is 4.18. The number of nitrogens with zero attached hydrogens (tertiary/aromatic N) is 1. The molecule has 0 aromatic rings. The molecule has 2 heteroatoms. The first-order valence-electron chi connectivity index (χ1n) is 8.32. The Morgan fingerprint density at radius 3 is 2.56 bits per heavy atom. The Hall–Kier alpha value is -0.0800. The Labute approximate surface area is 113 Å². The first-order valence-corrected chi connectivity index (χ1v) is 8.32. The van der Waals surface area contributed by atoms with E-state index in [9.17, 15) is 0 Å². The number of likely N-dealkylation sites (tertiary alicyclic amines) is 1. The molecule has 0 aromatic heterocycles. The van der Waals surface area contributed by atoms with E-state index in [2.05, 4.69) is 11.8 Å². The van der Waals surface area contributed by atoms with Gasteiger partial charge in [-0.25, -0.2) is 0 Å². The molecular weight excluding hydrogens is 220 g/mol. The molecule has 3 atom stereocenters. The Kier molecular flexibility index (Phi) is 5.97. The highest BCUT2D eigenvalue weighted by molar-refractivity contribution is 4.88. The van der Waals surface area contributed by atoms with Crippen molar-refractivity contribution < 1.29 is 0 Å².